The van der Waals surface area contributed by atoms with Crippen molar-refractivity contribution in [2.24, 2.45) is 5.92 Å². The van der Waals surface area contributed by atoms with E-state index in [1.807, 2.05) is 56.3 Å². The summed E-state index contributed by atoms with van der Waals surface area (Å²) >= 11 is 0. The summed E-state index contributed by atoms with van der Waals surface area (Å²) in [7, 11) is 4.03. The number of rotatable bonds is 10. The summed E-state index contributed by atoms with van der Waals surface area (Å²) < 4.78 is 14.9. The highest BCUT2D eigenvalue weighted by Crippen LogP contribution is 2.34. The summed E-state index contributed by atoms with van der Waals surface area (Å²) in [4.78, 5) is 70.8. The zero-order valence-electron chi connectivity index (χ0n) is 32.0. The lowest BCUT2D eigenvalue weighted by Gasteiger charge is -2.30. The van der Waals surface area contributed by atoms with Crippen LogP contribution < -0.4 is 10.6 Å². The van der Waals surface area contributed by atoms with Gasteiger partial charge in [-0.3, -0.25) is 9.59 Å². The van der Waals surface area contributed by atoms with Crippen LogP contribution in [0.4, 0.5) is 9.59 Å². The largest absolute Gasteiger partial charge is 0.453 e. The minimum Gasteiger partial charge on any atom is -0.453 e. The van der Waals surface area contributed by atoms with Crippen molar-refractivity contribution < 1.29 is 33.4 Å². The molecule has 2 aromatic heterocycles. The molecule has 2 aliphatic heterocycles. The number of aromatic amines is 2. The first-order valence-corrected chi connectivity index (χ1v) is 18.5. The van der Waals surface area contributed by atoms with E-state index >= 15 is 0 Å². The Hall–Kier alpha value is -5.88. The molecule has 2 fully saturated rings. The molecule has 15 heteroatoms. The van der Waals surface area contributed by atoms with Gasteiger partial charge in [0, 0.05) is 31.3 Å². The molecule has 0 saturated carbocycles. The van der Waals surface area contributed by atoms with Gasteiger partial charge < -0.3 is 44.6 Å². The lowest BCUT2D eigenvalue weighted by molar-refractivity contribution is -0.137. The van der Waals surface area contributed by atoms with E-state index in [9.17, 15) is 19.2 Å². The summed E-state index contributed by atoms with van der Waals surface area (Å²) in [6.45, 7) is 6.63. The molecular weight excluding hydrogens is 704 g/mol. The highest BCUT2D eigenvalue weighted by molar-refractivity contribution is 5.87. The number of hydrogen-bond donors (Lipinski definition) is 4. The Kier molecular flexibility index (Phi) is 12.1. The van der Waals surface area contributed by atoms with E-state index in [2.05, 4.69) is 37.4 Å². The van der Waals surface area contributed by atoms with Gasteiger partial charge in [-0.1, -0.05) is 37.8 Å². The number of ether oxygens (including phenoxy) is 3. The first kappa shape index (κ1) is 38.8. The van der Waals surface area contributed by atoms with Crippen molar-refractivity contribution in [2.45, 2.75) is 76.7 Å². The lowest BCUT2D eigenvalue weighted by Crippen LogP contribution is -2.54. The number of imidazole rings is 2. The SMILES string of the molecule is COC(=O)N[C@H](C(=O)N1CCC[C@H]1c1nc2ccc(C#Cc3ccc(-c4cnc([C@@H]5CCCN5C(=O)[C@H](NC(=O)OC)C(C)C)[nH]4)cc3)cc2[nH]1)[C@@H](C)OC. The van der Waals surface area contributed by atoms with E-state index < -0.39 is 30.4 Å². The molecule has 290 valence electrons. The second kappa shape index (κ2) is 17.1. The van der Waals surface area contributed by atoms with Crippen LogP contribution >= 0.6 is 0 Å². The quantitative estimate of drug-likeness (QED) is 0.165. The van der Waals surface area contributed by atoms with Gasteiger partial charge in [-0.2, -0.15) is 0 Å². The van der Waals surface area contributed by atoms with Crippen LogP contribution in [0.2, 0.25) is 0 Å². The molecular formula is C40H48N8O7. The molecule has 0 aliphatic carbocycles. The fourth-order valence-electron chi connectivity index (χ4n) is 7.18. The average molecular weight is 753 g/mol. The molecule has 4 N–H and O–H groups in total. The highest BCUT2D eigenvalue weighted by Gasteiger charge is 2.39. The van der Waals surface area contributed by atoms with Crippen molar-refractivity contribution in [1.82, 2.24) is 40.4 Å². The number of carbonyl (C=O) groups excluding carboxylic acids is 4. The van der Waals surface area contributed by atoms with Crippen molar-refractivity contribution in [3.63, 3.8) is 0 Å². The molecule has 2 aliphatic rings. The van der Waals surface area contributed by atoms with Gasteiger partial charge in [0.25, 0.3) is 0 Å². The van der Waals surface area contributed by atoms with Gasteiger partial charge in [0.15, 0.2) is 0 Å². The maximum Gasteiger partial charge on any atom is 0.407 e. The Morgan fingerprint density at radius 3 is 1.98 bits per heavy atom. The number of aromatic nitrogens is 4. The number of alkyl carbamates (subject to hydrolysis) is 2. The fourth-order valence-corrected chi connectivity index (χ4v) is 7.18. The molecule has 2 saturated heterocycles. The third-order valence-electron chi connectivity index (χ3n) is 10.3. The van der Waals surface area contributed by atoms with Crippen LogP contribution in [0.5, 0.6) is 0 Å². The predicted octanol–water partition coefficient (Wildman–Crippen LogP) is 4.82. The Balaban J connectivity index is 1.12. The molecule has 2 aromatic carbocycles. The second-order valence-corrected chi connectivity index (χ2v) is 14.2. The minimum atomic E-state index is -0.905. The van der Waals surface area contributed by atoms with Crippen molar-refractivity contribution in [3.8, 4) is 23.1 Å². The number of nitrogens with zero attached hydrogens (tertiary/aromatic N) is 4. The average Bonchev–Trinajstić information content (AvgIpc) is 4.03. The maximum atomic E-state index is 13.6. The smallest absolute Gasteiger partial charge is 0.407 e. The van der Waals surface area contributed by atoms with Crippen LogP contribution in [0.25, 0.3) is 22.3 Å². The van der Waals surface area contributed by atoms with Gasteiger partial charge >= 0.3 is 12.2 Å². The summed E-state index contributed by atoms with van der Waals surface area (Å²) in [5, 5.41) is 5.30. The first-order valence-electron chi connectivity index (χ1n) is 18.5. The third kappa shape index (κ3) is 8.60. The molecule has 55 heavy (non-hydrogen) atoms. The van der Waals surface area contributed by atoms with Gasteiger partial charge in [0.05, 0.1) is 55.3 Å². The van der Waals surface area contributed by atoms with Crippen LogP contribution in [-0.4, -0.2) is 106 Å². The van der Waals surface area contributed by atoms with Gasteiger partial charge in [-0.15, -0.1) is 0 Å². The van der Waals surface area contributed by atoms with E-state index in [0.717, 1.165) is 59.1 Å². The van der Waals surface area contributed by atoms with Gasteiger partial charge in [-0.25, -0.2) is 19.6 Å². The van der Waals surface area contributed by atoms with E-state index in [1.54, 1.807) is 22.9 Å². The molecule has 0 radical (unpaired) electrons. The second-order valence-electron chi connectivity index (χ2n) is 14.2. The van der Waals surface area contributed by atoms with Crippen LogP contribution in [-0.2, 0) is 23.8 Å². The summed E-state index contributed by atoms with van der Waals surface area (Å²) in [6.07, 6.45) is 3.02. The first-order chi connectivity index (χ1) is 26.5. The monoisotopic (exact) mass is 752 g/mol. The number of nitrogens with one attached hydrogen (secondary N) is 4. The summed E-state index contributed by atoms with van der Waals surface area (Å²) in [5.41, 5.74) is 4.97. The number of H-pyrrole nitrogens is 2. The van der Waals surface area contributed by atoms with E-state index in [4.69, 9.17) is 19.2 Å². The van der Waals surface area contributed by atoms with Gasteiger partial charge in [-0.05, 0) is 74.4 Å². The maximum absolute atomic E-state index is 13.6. The van der Waals surface area contributed by atoms with Crippen molar-refractivity contribution in [2.75, 3.05) is 34.4 Å². The number of fused-ring (bicyclic) bond motifs is 1. The van der Waals surface area contributed by atoms with Crippen LogP contribution in [0.3, 0.4) is 0 Å². The molecule has 0 unspecified atom stereocenters. The predicted molar refractivity (Wildman–Crippen MR) is 203 cm³/mol. The van der Waals surface area contributed by atoms with E-state index in [0.29, 0.717) is 24.7 Å². The van der Waals surface area contributed by atoms with Crippen molar-refractivity contribution in [3.05, 3.63) is 71.4 Å². The molecule has 0 spiro atoms. The van der Waals surface area contributed by atoms with Crippen LogP contribution in [0.1, 0.15) is 81.3 Å². The van der Waals surface area contributed by atoms with Crippen LogP contribution in [0, 0.1) is 17.8 Å². The minimum absolute atomic E-state index is 0.112. The Morgan fingerprint density at radius 2 is 1.36 bits per heavy atom. The standard InChI is InChI=1S/C40H48N8O7/c1-23(2)33(45-39(51)54-5)37(49)47-19-7-9-31(47)35-41-22-30(44-35)27-16-13-25(14-17-27)11-12-26-15-18-28-29(21-26)43-36(42-28)32-10-8-20-48(32)38(50)34(24(3)53-4)46-40(52)55-6/h13-18,21-24,31-34H,7-10,19-20H2,1-6H3,(H,41,44)(H,42,43)(H,45,51)(H,46,52)/t24-,31+,32+,33-,34+/m1/s1. The Labute approximate surface area is 319 Å². The lowest BCUT2D eigenvalue weighted by atomic mass is 10.0. The number of hydrogen-bond acceptors (Lipinski definition) is 9. The number of carbonyl (C=O) groups is 4. The third-order valence-corrected chi connectivity index (χ3v) is 10.3. The Bertz CT molecular complexity index is 2080. The van der Waals surface area contributed by atoms with Crippen molar-refractivity contribution >= 4 is 35.0 Å². The molecule has 4 aromatic rings. The summed E-state index contributed by atoms with van der Waals surface area (Å²) in [6, 6.07) is 11.5. The Morgan fingerprint density at radius 1 is 0.782 bits per heavy atom. The normalized spacial score (nSPS) is 18.4. The molecule has 0 bridgehead atoms. The topological polar surface area (TPSA) is 184 Å². The van der Waals surface area contributed by atoms with Gasteiger partial charge in [0.2, 0.25) is 11.8 Å². The zero-order chi connectivity index (χ0) is 39.2. The number of methoxy groups -OCH3 is 3. The highest BCUT2D eigenvalue weighted by atomic mass is 16.5. The number of benzene rings is 2. The van der Waals surface area contributed by atoms with Crippen molar-refractivity contribution in [1.29, 1.82) is 0 Å². The number of likely N-dealkylation sites (tertiary alicyclic amines) is 2. The molecule has 5 atom stereocenters. The molecule has 4 amide bonds. The number of amides is 4. The summed E-state index contributed by atoms with van der Waals surface area (Å²) in [5.74, 6) is 7.34. The zero-order valence-corrected chi connectivity index (χ0v) is 32.0. The molecule has 15 nitrogen and oxygen atoms in total. The van der Waals surface area contributed by atoms with Gasteiger partial charge in [0.1, 0.15) is 23.7 Å². The van der Waals surface area contributed by atoms with Crippen LogP contribution in [0.15, 0.2) is 48.7 Å². The molecule has 6 rings (SSSR count). The van der Waals surface area contributed by atoms with E-state index in [-0.39, 0.29) is 29.8 Å². The fraction of sp³-hybridized carbons (Fsp3) is 0.450. The molecule has 4 heterocycles. The van der Waals surface area contributed by atoms with E-state index in [1.165, 1.54) is 21.3 Å².